The minimum atomic E-state index is -0.207. The number of amidine groups is 1. The fraction of sp³-hybridized carbons (Fsp3) is 0.471. The summed E-state index contributed by atoms with van der Waals surface area (Å²) < 4.78 is 0. The lowest BCUT2D eigenvalue weighted by Gasteiger charge is -2.35. The molecule has 1 heterocycles. The Morgan fingerprint density at radius 2 is 1.95 bits per heavy atom. The van der Waals surface area contributed by atoms with Crippen molar-refractivity contribution in [2.75, 3.05) is 11.9 Å². The van der Waals surface area contributed by atoms with Crippen molar-refractivity contribution in [3.63, 3.8) is 0 Å². The van der Waals surface area contributed by atoms with Crippen molar-refractivity contribution in [3.8, 4) is 6.07 Å². The summed E-state index contributed by atoms with van der Waals surface area (Å²) in [4.78, 5) is 6.62. The second-order valence-corrected chi connectivity index (χ2v) is 6.48. The molecule has 0 amide bonds. The van der Waals surface area contributed by atoms with Gasteiger partial charge in [0.2, 0.25) is 0 Å². The van der Waals surface area contributed by atoms with Gasteiger partial charge >= 0.3 is 0 Å². The Morgan fingerprint density at radius 3 is 2.55 bits per heavy atom. The van der Waals surface area contributed by atoms with Gasteiger partial charge in [0.15, 0.2) is 5.11 Å². The standard InChI is InChI=1S/C17H20N4S/c1-12-6-5-7-13(2)14(12)19-15-17(8-3-4-9-17)21(11-10-18)16(22)20-15/h5-7H,3-4,8-9,11H2,1-2H3,(H,19,20,22). The van der Waals surface area contributed by atoms with Crippen molar-refractivity contribution < 1.29 is 0 Å². The van der Waals surface area contributed by atoms with Gasteiger partial charge in [-0.3, -0.25) is 0 Å². The molecule has 1 fully saturated rings. The Kier molecular flexibility index (Phi) is 3.88. The molecule has 1 aliphatic carbocycles. The third kappa shape index (κ3) is 2.28. The van der Waals surface area contributed by atoms with Crippen LogP contribution in [0.3, 0.4) is 0 Å². The molecule has 0 unspecified atom stereocenters. The molecule has 2 aliphatic rings. The zero-order valence-corrected chi connectivity index (χ0v) is 13.8. The first kappa shape index (κ1) is 15.0. The van der Waals surface area contributed by atoms with E-state index < -0.39 is 0 Å². The van der Waals surface area contributed by atoms with E-state index in [9.17, 15) is 0 Å². The number of rotatable bonds is 2. The van der Waals surface area contributed by atoms with Crippen LogP contribution in [0.2, 0.25) is 0 Å². The molecule has 1 aromatic rings. The van der Waals surface area contributed by atoms with E-state index in [4.69, 9.17) is 17.5 Å². The molecule has 114 valence electrons. The molecule has 1 aromatic carbocycles. The number of hydrogen-bond acceptors (Lipinski definition) is 3. The van der Waals surface area contributed by atoms with Crippen molar-refractivity contribution in [2.24, 2.45) is 4.99 Å². The van der Waals surface area contributed by atoms with Crippen molar-refractivity contribution in [2.45, 2.75) is 45.1 Å². The number of nitriles is 1. The predicted molar refractivity (Wildman–Crippen MR) is 93.1 cm³/mol. The molecule has 1 N–H and O–H groups in total. The number of aryl methyl sites for hydroxylation is 2. The van der Waals surface area contributed by atoms with Crippen molar-refractivity contribution in [1.82, 2.24) is 4.90 Å². The van der Waals surface area contributed by atoms with Crippen LogP contribution in [0.15, 0.2) is 23.2 Å². The van der Waals surface area contributed by atoms with Gasteiger partial charge < -0.3 is 10.2 Å². The van der Waals surface area contributed by atoms with Gasteiger partial charge in [-0.2, -0.15) is 5.26 Å². The van der Waals surface area contributed by atoms with E-state index in [0.29, 0.717) is 11.7 Å². The van der Waals surface area contributed by atoms with Gasteiger partial charge in [0.25, 0.3) is 0 Å². The monoisotopic (exact) mass is 312 g/mol. The number of nitrogens with one attached hydrogen (secondary N) is 1. The van der Waals surface area contributed by atoms with Crippen LogP contribution >= 0.6 is 12.2 Å². The van der Waals surface area contributed by atoms with Crippen molar-refractivity contribution in [3.05, 3.63) is 29.3 Å². The van der Waals surface area contributed by atoms with E-state index >= 15 is 0 Å². The SMILES string of the molecule is Cc1cccc(C)c1NC1=NC(=S)N(CC#N)C12CCCC2. The van der Waals surface area contributed by atoms with E-state index in [-0.39, 0.29) is 5.54 Å². The maximum atomic E-state index is 9.13. The summed E-state index contributed by atoms with van der Waals surface area (Å²) in [6.45, 7) is 4.50. The number of para-hydroxylation sites is 1. The maximum Gasteiger partial charge on any atom is 0.198 e. The van der Waals surface area contributed by atoms with Crippen molar-refractivity contribution >= 4 is 28.9 Å². The van der Waals surface area contributed by atoms with Crippen LogP contribution in [-0.2, 0) is 0 Å². The second kappa shape index (κ2) is 5.69. The number of hydrogen-bond donors (Lipinski definition) is 1. The molecule has 0 atom stereocenters. The van der Waals surface area contributed by atoms with Crippen LogP contribution in [0.25, 0.3) is 0 Å². The van der Waals surface area contributed by atoms with Crippen molar-refractivity contribution in [1.29, 1.82) is 5.26 Å². The highest BCUT2D eigenvalue weighted by atomic mass is 32.1. The summed E-state index contributed by atoms with van der Waals surface area (Å²) >= 11 is 5.42. The first-order valence-electron chi connectivity index (χ1n) is 7.69. The lowest BCUT2D eigenvalue weighted by molar-refractivity contribution is 0.293. The molecule has 1 saturated carbocycles. The fourth-order valence-electron chi connectivity index (χ4n) is 3.60. The van der Waals surface area contributed by atoms with E-state index in [0.717, 1.165) is 37.2 Å². The summed E-state index contributed by atoms with van der Waals surface area (Å²) in [6, 6.07) is 8.49. The van der Waals surface area contributed by atoms with Gasteiger partial charge in [-0.15, -0.1) is 0 Å². The number of thiocarbonyl (C=S) groups is 1. The van der Waals surface area contributed by atoms with Crippen LogP contribution in [0.1, 0.15) is 36.8 Å². The Labute approximate surface area is 136 Å². The van der Waals surface area contributed by atoms with Crippen LogP contribution < -0.4 is 5.32 Å². The molecule has 1 spiro atoms. The van der Waals surface area contributed by atoms with E-state index in [2.05, 4.69) is 48.4 Å². The van der Waals surface area contributed by atoms with Gasteiger partial charge in [-0.1, -0.05) is 31.0 Å². The molecule has 0 radical (unpaired) electrons. The van der Waals surface area contributed by atoms with Gasteiger partial charge in [-0.05, 0) is 50.0 Å². The molecule has 0 bridgehead atoms. The summed E-state index contributed by atoms with van der Waals surface area (Å²) in [5.41, 5.74) is 3.29. The average molecular weight is 312 g/mol. The topological polar surface area (TPSA) is 51.4 Å². The van der Waals surface area contributed by atoms with Gasteiger partial charge in [0.05, 0.1) is 6.07 Å². The highest BCUT2D eigenvalue weighted by Gasteiger charge is 2.49. The fourth-order valence-corrected chi connectivity index (χ4v) is 3.93. The zero-order valence-electron chi connectivity index (χ0n) is 13.0. The summed E-state index contributed by atoms with van der Waals surface area (Å²) in [6.07, 6.45) is 4.31. The Balaban J connectivity index is 1.97. The Morgan fingerprint density at radius 1 is 1.32 bits per heavy atom. The van der Waals surface area contributed by atoms with Gasteiger partial charge in [0, 0.05) is 5.69 Å². The number of aliphatic imine (C=N–C) groups is 1. The van der Waals surface area contributed by atoms with Gasteiger partial charge in [-0.25, -0.2) is 4.99 Å². The van der Waals surface area contributed by atoms with E-state index in [1.807, 2.05) is 4.90 Å². The zero-order chi connectivity index (χ0) is 15.7. The lowest BCUT2D eigenvalue weighted by atomic mass is 9.94. The van der Waals surface area contributed by atoms with E-state index in [1.165, 1.54) is 11.1 Å². The summed E-state index contributed by atoms with van der Waals surface area (Å²) in [5.74, 6) is 0.919. The average Bonchev–Trinajstić information content (AvgIpc) is 3.06. The lowest BCUT2D eigenvalue weighted by Crippen LogP contribution is -2.51. The number of anilines is 1. The second-order valence-electron chi connectivity index (χ2n) is 6.12. The molecular formula is C17H20N4S. The van der Waals surface area contributed by atoms with Crippen LogP contribution in [-0.4, -0.2) is 27.9 Å². The molecule has 1 aliphatic heterocycles. The third-order valence-electron chi connectivity index (χ3n) is 4.78. The van der Waals surface area contributed by atoms with Gasteiger partial charge in [0.1, 0.15) is 17.9 Å². The first-order valence-corrected chi connectivity index (χ1v) is 8.10. The highest BCUT2D eigenvalue weighted by molar-refractivity contribution is 7.80. The Bertz CT molecular complexity index is 660. The predicted octanol–water partition coefficient (Wildman–Crippen LogP) is 3.55. The quantitative estimate of drug-likeness (QED) is 0.670. The molecular weight excluding hydrogens is 292 g/mol. The largest absolute Gasteiger partial charge is 0.341 e. The Hall–Kier alpha value is -1.93. The molecule has 3 rings (SSSR count). The number of benzene rings is 1. The van der Waals surface area contributed by atoms with E-state index in [1.54, 1.807) is 0 Å². The van der Waals surface area contributed by atoms with Crippen LogP contribution in [0.5, 0.6) is 0 Å². The first-order chi connectivity index (χ1) is 10.6. The minimum absolute atomic E-state index is 0.207. The molecule has 4 nitrogen and oxygen atoms in total. The smallest absolute Gasteiger partial charge is 0.198 e. The normalized spacial score (nSPS) is 19.4. The molecule has 0 aromatic heterocycles. The van der Waals surface area contributed by atoms with Crippen LogP contribution in [0.4, 0.5) is 5.69 Å². The summed E-state index contributed by atoms with van der Waals surface area (Å²) in [7, 11) is 0. The molecule has 5 heteroatoms. The third-order valence-corrected chi connectivity index (χ3v) is 5.09. The molecule has 22 heavy (non-hydrogen) atoms. The highest BCUT2D eigenvalue weighted by Crippen LogP contribution is 2.41. The number of nitrogens with zero attached hydrogens (tertiary/aromatic N) is 3. The minimum Gasteiger partial charge on any atom is -0.341 e. The maximum absolute atomic E-state index is 9.13. The van der Waals surface area contributed by atoms with Crippen LogP contribution in [0, 0.1) is 25.2 Å². The molecule has 0 saturated heterocycles. The summed E-state index contributed by atoms with van der Waals surface area (Å²) in [5, 5.41) is 13.2.